The zero-order chi connectivity index (χ0) is 18.8. The zero-order valence-corrected chi connectivity index (χ0v) is 15.8. The smallest absolute Gasteiger partial charge is 0.247 e. The number of primary amides is 1. The van der Waals surface area contributed by atoms with Gasteiger partial charge in [0.25, 0.3) is 0 Å². The van der Waals surface area contributed by atoms with Gasteiger partial charge in [0.1, 0.15) is 0 Å². The molecule has 2 bridgehead atoms. The fourth-order valence-corrected chi connectivity index (χ4v) is 4.15. The molecule has 0 saturated carbocycles. The number of hydrogen-bond donors (Lipinski definition) is 2. The summed E-state index contributed by atoms with van der Waals surface area (Å²) in [4.78, 5) is 26.3. The summed E-state index contributed by atoms with van der Waals surface area (Å²) in [7, 11) is 0. The molecule has 2 aliphatic heterocycles. The van der Waals surface area contributed by atoms with Crippen molar-refractivity contribution in [2.24, 2.45) is 11.7 Å². The summed E-state index contributed by atoms with van der Waals surface area (Å²) in [5.74, 6) is -0.0325. The van der Waals surface area contributed by atoms with Crippen molar-refractivity contribution in [1.29, 1.82) is 0 Å². The highest BCUT2D eigenvalue weighted by Gasteiger charge is 2.45. The summed E-state index contributed by atoms with van der Waals surface area (Å²) in [5, 5.41) is 3.24. The van der Waals surface area contributed by atoms with Gasteiger partial charge in [-0.3, -0.25) is 14.9 Å². The Kier molecular flexibility index (Phi) is 5.47. The number of nitrogens with zero attached hydrogens (tertiary/aromatic N) is 1. The highest BCUT2D eigenvalue weighted by Crippen LogP contribution is 2.52. The summed E-state index contributed by atoms with van der Waals surface area (Å²) in [6.07, 6.45) is 6.59. The molecule has 0 unspecified atom stereocenters. The molecule has 1 aromatic carbocycles. The van der Waals surface area contributed by atoms with Gasteiger partial charge in [-0.05, 0) is 36.8 Å². The van der Waals surface area contributed by atoms with Crippen molar-refractivity contribution in [3.63, 3.8) is 0 Å². The van der Waals surface area contributed by atoms with Crippen molar-refractivity contribution in [1.82, 2.24) is 10.2 Å². The quantitative estimate of drug-likeness (QED) is 0.739. The normalized spacial score (nSPS) is 24.5. The van der Waals surface area contributed by atoms with Crippen molar-refractivity contribution in [3.05, 3.63) is 47.5 Å². The van der Waals surface area contributed by atoms with E-state index in [1.54, 1.807) is 13.0 Å². The van der Waals surface area contributed by atoms with E-state index in [1.165, 1.54) is 11.1 Å². The fourth-order valence-electron chi connectivity index (χ4n) is 4.15. The van der Waals surface area contributed by atoms with Crippen LogP contribution in [0.15, 0.2) is 36.4 Å². The second kappa shape index (κ2) is 7.62. The van der Waals surface area contributed by atoms with Gasteiger partial charge in [-0.2, -0.15) is 0 Å². The van der Waals surface area contributed by atoms with Gasteiger partial charge in [0.2, 0.25) is 11.8 Å². The van der Waals surface area contributed by atoms with E-state index in [2.05, 4.69) is 31.3 Å². The fraction of sp³-hybridized carbons (Fsp3) is 0.524. The maximum atomic E-state index is 12.9. The molecule has 2 heterocycles. The summed E-state index contributed by atoms with van der Waals surface area (Å²) in [5.41, 5.74) is 7.97. The van der Waals surface area contributed by atoms with Crippen LogP contribution >= 0.6 is 0 Å². The van der Waals surface area contributed by atoms with Crippen molar-refractivity contribution >= 4 is 11.8 Å². The van der Waals surface area contributed by atoms with Crippen LogP contribution in [0, 0.1) is 5.92 Å². The van der Waals surface area contributed by atoms with Crippen molar-refractivity contribution in [3.8, 4) is 0 Å². The number of nitrogens with two attached hydrogens (primary N) is 1. The Bertz CT molecular complexity index is 684. The molecule has 140 valence electrons. The number of rotatable bonds is 7. The van der Waals surface area contributed by atoms with Gasteiger partial charge in [-0.25, -0.2) is 0 Å². The molecule has 0 radical (unpaired) electrons. The Morgan fingerprint density at radius 3 is 2.31 bits per heavy atom. The van der Waals surface area contributed by atoms with Crippen LogP contribution in [0.25, 0.3) is 0 Å². The van der Waals surface area contributed by atoms with Crippen LogP contribution < -0.4 is 11.1 Å². The molecule has 2 amide bonds. The van der Waals surface area contributed by atoms with Crippen molar-refractivity contribution < 1.29 is 9.59 Å². The Morgan fingerprint density at radius 2 is 1.81 bits per heavy atom. The SMILES string of the molecule is CC[C@H](C)[C@@H](/C=C/C(=O)N1[C@@H]2CC[C@H]1c1ccccc12)N[C@@H](C)C(N)=O. The molecule has 26 heavy (non-hydrogen) atoms. The first kappa shape index (κ1) is 18.6. The Balaban J connectivity index is 1.73. The van der Waals surface area contributed by atoms with Crippen molar-refractivity contribution in [2.45, 2.75) is 64.2 Å². The molecule has 1 aromatic rings. The molecule has 0 aromatic heterocycles. The lowest BCUT2D eigenvalue weighted by Gasteiger charge is -2.25. The number of amides is 2. The third-order valence-corrected chi connectivity index (χ3v) is 5.93. The third-order valence-electron chi connectivity index (χ3n) is 5.93. The lowest BCUT2D eigenvalue weighted by Crippen LogP contribution is -2.46. The summed E-state index contributed by atoms with van der Waals surface area (Å²) < 4.78 is 0. The molecule has 3 rings (SSSR count). The first-order valence-electron chi connectivity index (χ1n) is 9.58. The van der Waals surface area contributed by atoms with Gasteiger partial charge >= 0.3 is 0 Å². The summed E-state index contributed by atoms with van der Waals surface area (Å²) in [6, 6.07) is 8.29. The monoisotopic (exact) mass is 355 g/mol. The minimum Gasteiger partial charge on any atom is -0.368 e. The molecule has 0 aliphatic carbocycles. The van der Waals surface area contributed by atoms with Gasteiger partial charge in [-0.1, -0.05) is 50.6 Å². The largest absolute Gasteiger partial charge is 0.368 e. The minimum atomic E-state index is -0.430. The maximum Gasteiger partial charge on any atom is 0.247 e. The van der Waals surface area contributed by atoms with Gasteiger partial charge in [0, 0.05) is 12.1 Å². The molecule has 3 N–H and O–H groups in total. The van der Waals surface area contributed by atoms with Crippen LogP contribution in [-0.4, -0.2) is 28.8 Å². The number of nitrogens with one attached hydrogen (secondary N) is 1. The number of carbonyl (C=O) groups is 2. The predicted molar refractivity (Wildman–Crippen MR) is 102 cm³/mol. The van der Waals surface area contributed by atoms with Crippen LogP contribution in [0.3, 0.4) is 0 Å². The Morgan fingerprint density at radius 1 is 1.23 bits per heavy atom. The van der Waals surface area contributed by atoms with E-state index in [9.17, 15) is 9.59 Å². The average molecular weight is 355 g/mol. The van der Waals surface area contributed by atoms with Crippen LogP contribution in [0.1, 0.15) is 63.2 Å². The second-order valence-corrected chi connectivity index (χ2v) is 7.54. The molecule has 1 fully saturated rings. The molecule has 0 spiro atoms. The maximum absolute atomic E-state index is 12.9. The highest BCUT2D eigenvalue weighted by atomic mass is 16.2. The second-order valence-electron chi connectivity index (χ2n) is 7.54. The molecule has 5 heteroatoms. The van der Waals surface area contributed by atoms with Crippen molar-refractivity contribution in [2.75, 3.05) is 0 Å². The van der Waals surface area contributed by atoms with Crippen LogP contribution in [0.5, 0.6) is 0 Å². The first-order valence-corrected chi connectivity index (χ1v) is 9.58. The molecule has 5 atom stereocenters. The molecule has 1 saturated heterocycles. The van der Waals surface area contributed by atoms with E-state index >= 15 is 0 Å². The highest BCUT2D eigenvalue weighted by molar-refractivity contribution is 5.89. The third kappa shape index (κ3) is 3.40. The molecular weight excluding hydrogens is 326 g/mol. The van der Waals surface area contributed by atoms with E-state index in [0.717, 1.165) is 19.3 Å². The van der Waals surface area contributed by atoms with E-state index in [0.29, 0.717) is 5.92 Å². The molecule has 5 nitrogen and oxygen atoms in total. The average Bonchev–Trinajstić information content (AvgIpc) is 3.21. The van der Waals surface area contributed by atoms with Gasteiger partial charge in [0.15, 0.2) is 0 Å². The Hall–Kier alpha value is -2.14. The van der Waals surface area contributed by atoms with E-state index in [1.807, 2.05) is 23.1 Å². The number of carbonyl (C=O) groups excluding carboxylic acids is 2. The van der Waals surface area contributed by atoms with Crippen LogP contribution in [-0.2, 0) is 9.59 Å². The molecular formula is C21H29N3O2. The number of hydrogen-bond acceptors (Lipinski definition) is 3. The standard InChI is InChI=1S/C21H29N3O2/c1-4-13(2)17(23-14(3)21(22)26)9-12-20(25)24-18-10-11-19(24)16-8-6-5-7-15(16)18/h5-9,12-14,17-19,23H,4,10-11H2,1-3H3,(H2,22,26)/b12-9+/t13-,14-,17+,18-,19+/m0/s1. The molecule has 2 aliphatic rings. The lowest BCUT2D eigenvalue weighted by atomic mass is 9.92. The van der Waals surface area contributed by atoms with E-state index in [-0.39, 0.29) is 29.9 Å². The van der Waals surface area contributed by atoms with E-state index in [4.69, 9.17) is 5.73 Å². The Labute approximate surface area is 155 Å². The van der Waals surface area contributed by atoms with Gasteiger partial charge in [-0.15, -0.1) is 0 Å². The van der Waals surface area contributed by atoms with Gasteiger partial charge in [0.05, 0.1) is 18.1 Å². The number of fused-ring (bicyclic) bond motifs is 5. The van der Waals surface area contributed by atoms with Crippen LogP contribution in [0.4, 0.5) is 0 Å². The zero-order valence-electron chi connectivity index (χ0n) is 15.8. The predicted octanol–water partition coefficient (Wildman–Crippen LogP) is 2.84. The lowest BCUT2D eigenvalue weighted by molar-refractivity contribution is -0.128. The van der Waals surface area contributed by atoms with Gasteiger partial charge < -0.3 is 10.6 Å². The summed E-state index contributed by atoms with van der Waals surface area (Å²) >= 11 is 0. The minimum absolute atomic E-state index is 0.0514. The summed E-state index contributed by atoms with van der Waals surface area (Å²) in [6.45, 7) is 5.96. The first-order chi connectivity index (χ1) is 12.4. The number of benzene rings is 1. The van der Waals surface area contributed by atoms with Crippen LogP contribution in [0.2, 0.25) is 0 Å². The topological polar surface area (TPSA) is 75.4 Å². The van der Waals surface area contributed by atoms with E-state index < -0.39 is 6.04 Å².